The molecule has 0 amide bonds. The Kier molecular flexibility index (Phi) is 5.30. The molecule has 0 aliphatic rings. The van der Waals surface area contributed by atoms with Crippen LogP contribution in [0.4, 0.5) is 0 Å². The number of nitrogens with one attached hydrogen (secondary N) is 1. The Balaban J connectivity index is 2.88. The summed E-state index contributed by atoms with van der Waals surface area (Å²) in [5.74, 6) is -1.25. The Morgan fingerprint density at radius 2 is 1.94 bits per heavy atom. The summed E-state index contributed by atoms with van der Waals surface area (Å²) >= 11 is 0. The van der Waals surface area contributed by atoms with Gasteiger partial charge in [-0.1, -0.05) is 31.9 Å². The minimum Gasteiger partial charge on any atom is -0.478 e. The predicted octanol–water partition coefficient (Wildman–Crippen LogP) is 1.85. The number of aromatic carboxylic acids is 1. The summed E-state index contributed by atoms with van der Waals surface area (Å²) in [6, 6.07) is 5.58. The Labute approximate surface area is 107 Å². The summed E-state index contributed by atoms with van der Waals surface area (Å²) in [6.07, 6.45) is 2.67. The molecular formula is C12H17NO4S. The van der Waals surface area contributed by atoms with Gasteiger partial charge in [0.05, 0.1) is 10.5 Å². The van der Waals surface area contributed by atoms with Crippen molar-refractivity contribution in [2.75, 3.05) is 6.54 Å². The van der Waals surface area contributed by atoms with Crippen LogP contribution in [0.3, 0.4) is 0 Å². The quantitative estimate of drug-likeness (QED) is 0.741. The van der Waals surface area contributed by atoms with Gasteiger partial charge in [0.1, 0.15) is 0 Å². The average Bonchev–Trinajstić information content (AvgIpc) is 2.35. The van der Waals surface area contributed by atoms with Crippen LogP contribution in [-0.2, 0) is 10.0 Å². The van der Waals surface area contributed by atoms with Crippen LogP contribution < -0.4 is 4.72 Å². The minimum atomic E-state index is -3.75. The van der Waals surface area contributed by atoms with Gasteiger partial charge in [-0.05, 0) is 18.6 Å². The third-order valence-electron chi connectivity index (χ3n) is 2.48. The van der Waals surface area contributed by atoms with Gasteiger partial charge in [-0.2, -0.15) is 0 Å². The third-order valence-corrected chi connectivity index (χ3v) is 4.00. The lowest BCUT2D eigenvalue weighted by Crippen LogP contribution is -2.26. The highest BCUT2D eigenvalue weighted by Gasteiger charge is 2.20. The Hall–Kier alpha value is -1.40. The van der Waals surface area contributed by atoms with Crippen molar-refractivity contribution >= 4 is 16.0 Å². The van der Waals surface area contributed by atoms with Crippen molar-refractivity contribution < 1.29 is 18.3 Å². The molecule has 0 saturated carbocycles. The van der Waals surface area contributed by atoms with E-state index in [9.17, 15) is 13.2 Å². The van der Waals surface area contributed by atoms with Crippen LogP contribution in [-0.4, -0.2) is 26.0 Å². The molecule has 1 aromatic rings. The highest BCUT2D eigenvalue weighted by atomic mass is 32.2. The second kappa shape index (κ2) is 6.51. The number of unbranched alkanes of at least 4 members (excludes halogenated alkanes) is 2. The third kappa shape index (κ3) is 3.82. The zero-order valence-electron chi connectivity index (χ0n) is 10.2. The molecule has 6 heteroatoms. The van der Waals surface area contributed by atoms with Crippen LogP contribution in [0.5, 0.6) is 0 Å². The van der Waals surface area contributed by atoms with E-state index in [4.69, 9.17) is 5.11 Å². The van der Waals surface area contributed by atoms with Crippen LogP contribution in [0.15, 0.2) is 29.2 Å². The van der Waals surface area contributed by atoms with Gasteiger partial charge in [-0.25, -0.2) is 17.9 Å². The first-order valence-electron chi connectivity index (χ1n) is 5.81. The van der Waals surface area contributed by atoms with Crippen molar-refractivity contribution in [2.24, 2.45) is 0 Å². The van der Waals surface area contributed by atoms with E-state index >= 15 is 0 Å². The largest absolute Gasteiger partial charge is 0.478 e. The summed E-state index contributed by atoms with van der Waals surface area (Å²) in [7, 11) is -3.75. The molecule has 0 spiro atoms. The number of carbonyl (C=O) groups is 1. The maximum Gasteiger partial charge on any atom is 0.337 e. The second-order valence-corrected chi connectivity index (χ2v) is 5.64. The standard InChI is InChI=1S/C12H17NO4S/c1-2-3-6-9-13-18(16,17)11-8-5-4-7-10(11)12(14)15/h4-5,7-8,13H,2-3,6,9H2,1H3,(H,14,15). The smallest absolute Gasteiger partial charge is 0.337 e. The van der Waals surface area contributed by atoms with E-state index in [-0.39, 0.29) is 10.5 Å². The maximum absolute atomic E-state index is 11.9. The summed E-state index contributed by atoms with van der Waals surface area (Å²) < 4.78 is 26.3. The van der Waals surface area contributed by atoms with E-state index < -0.39 is 16.0 Å². The van der Waals surface area contributed by atoms with Crippen LogP contribution in [0.25, 0.3) is 0 Å². The molecule has 0 bridgehead atoms. The lowest BCUT2D eigenvalue weighted by Gasteiger charge is -2.08. The topological polar surface area (TPSA) is 83.5 Å². The molecule has 0 atom stereocenters. The molecule has 0 radical (unpaired) electrons. The van der Waals surface area contributed by atoms with Gasteiger partial charge in [0.2, 0.25) is 10.0 Å². The highest BCUT2D eigenvalue weighted by molar-refractivity contribution is 7.89. The van der Waals surface area contributed by atoms with Crippen molar-refractivity contribution in [3.05, 3.63) is 29.8 Å². The molecule has 100 valence electrons. The van der Waals surface area contributed by atoms with Crippen LogP contribution >= 0.6 is 0 Å². The van der Waals surface area contributed by atoms with E-state index in [1.807, 2.05) is 6.92 Å². The lowest BCUT2D eigenvalue weighted by atomic mass is 10.2. The summed E-state index contributed by atoms with van der Waals surface area (Å²) in [4.78, 5) is 10.8. The monoisotopic (exact) mass is 271 g/mol. The van der Waals surface area contributed by atoms with Gasteiger partial charge in [0.15, 0.2) is 0 Å². The molecule has 0 fully saturated rings. The zero-order chi connectivity index (χ0) is 13.6. The summed E-state index contributed by atoms with van der Waals surface area (Å²) in [6.45, 7) is 2.35. The van der Waals surface area contributed by atoms with Gasteiger partial charge < -0.3 is 5.11 Å². The summed E-state index contributed by atoms with van der Waals surface area (Å²) in [5, 5.41) is 8.95. The molecule has 5 nitrogen and oxygen atoms in total. The number of carboxylic acids is 1. The molecule has 0 aliphatic heterocycles. The number of benzene rings is 1. The molecule has 0 aromatic heterocycles. The minimum absolute atomic E-state index is 0.186. The van der Waals surface area contributed by atoms with Crippen molar-refractivity contribution in [1.82, 2.24) is 4.72 Å². The molecular weight excluding hydrogens is 254 g/mol. The van der Waals surface area contributed by atoms with Gasteiger partial charge >= 0.3 is 5.97 Å². The molecule has 0 unspecified atom stereocenters. The fourth-order valence-corrected chi connectivity index (χ4v) is 2.81. The SMILES string of the molecule is CCCCCNS(=O)(=O)c1ccccc1C(=O)O. The Morgan fingerprint density at radius 3 is 2.56 bits per heavy atom. The van der Waals surface area contributed by atoms with Crippen molar-refractivity contribution in [1.29, 1.82) is 0 Å². The first kappa shape index (κ1) is 14.7. The van der Waals surface area contributed by atoms with Crippen LogP contribution in [0.2, 0.25) is 0 Å². The number of rotatable bonds is 7. The lowest BCUT2D eigenvalue weighted by molar-refractivity contribution is 0.0692. The Bertz CT molecular complexity index is 511. The highest BCUT2D eigenvalue weighted by Crippen LogP contribution is 2.15. The van der Waals surface area contributed by atoms with E-state index in [1.54, 1.807) is 0 Å². The molecule has 1 rings (SSSR count). The number of carboxylic acid groups (broad SMARTS) is 1. The zero-order valence-corrected chi connectivity index (χ0v) is 11.0. The fraction of sp³-hybridized carbons (Fsp3) is 0.417. The molecule has 0 aliphatic carbocycles. The van der Waals surface area contributed by atoms with Gasteiger partial charge in [0.25, 0.3) is 0 Å². The predicted molar refractivity (Wildman–Crippen MR) is 68.1 cm³/mol. The van der Waals surface area contributed by atoms with Crippen LogP contribution in [0.1, 0.15) is 36.5 Å². The number of hydrogen-bond donors (Lipinski definition) is 2. The molecule has 18 heavy (non-hydrogen) atoms. The van der Waals surface area contributed by atoms with Crippen molar-refractivity contribution in [2.45, 2.75) is 31.1 Å². The van der Waals surface area contributed by atoms with E-state index in [0.717, 1.165) is 19.3 Å². The molecule has 2 N–H and O–H groups in total. The average molecular weight is 271 g/mol. The van der Waals surface area contributed by atoms with E-state index in [2.05, 4.69) is 4.72 Å². The summed E-state index contributed by atoms with van der Waals surface area (Å²) in [5.41, 5.74) is -0.208. The van der Waals surface area contributed by atoms with Gasteiger partial charge in [-0.3, -0.25) is 0 Å². The Morgan fingerprint density at radius 1 is 1.28 bits per heavy atom. The maximum atomic E-state index is 11.9. The number of sulfonamides is 1. The first-order chi connectivity index (χ1) is 8.49. The van der Waals surface area contributed by atoms with Crippen molar-refractivity contribution in [3.8, 4) is 0 Å². The normalized spacial score (nSPS) is 11.4. The molecule has 1 aromatic carbocycles. The fourth-order valence-electron chi connectivity index (χ4n) is 1.54. The molecule has 0 heterocycles. The second-order valence-electron chi connectivity index (χ2n) is 3.91. The van der Waals surface area contributed by atoms with Crippen LogP contribution in [0, 0.1) is 0 Å². The first-order valence-corrected chi connectivity index (χ1v) is 7.29. The van der Waals surface area contributed by atoms with Crippen molar-refractivity contribution in [3.63, 3.8) is 0 Å². The van der Waals surface area contributed by atoms with Gasteiger partial charge in [0, 0.05) is 6.54 Å². The van der Waals surface area contributed by atoms with Gasteiger partial charge in [-0.15, -0.1) is 0 Å². The number of hydrogen-bond acceptors (Lipinski definition) is 3. The van der Waals surface area contributed by atoms with E-state index in [0.29, 0.717) is 6.54 Å². The van der Waals surface area contributed by atoms with E-state index in [1.165, 1.54) is 24.3 Å². The molecule has 0 saturated heterocycles.